The average molecular weight is 353 g/mol. The molecule has 126 valence electrons. The molecule has 0 bridgehead atoms. The summed E-state index contributed by atoms with van der Waals surface area (Å²) in [5.41, 5.74) is 1.13. The lowest BCUT2D eigenvalue weighted by molar-refractivity contribution is 0.303. The van der Waals surface area contributed by atoms with E-state index in [1.807, 2.05) is 48.6 Å². The predicted molar refractivity (Wildman–Crippen MR) is 96.5 cm³/mol. The molecule has 0 unspecified atom stereocenters. The number of hydrogen-bond donors (Lipinski definition) is 1. The van der Waals surface area contributed by atoms with Gasteiger partial charge in [0.05, 0.1) is 10.9 Å². The van der Waals surface area contributed by atoms with Gasteiger partial charge in [0.2, 0.25) is 10.0 Å². The van der Waals surface area contributed by atoms with Gasteiger partial charge in [0.15, 0.2) is 0 Å². The highest BCUT2D eigenvalue weighted by Crippen LogP contribution is 2.23. The minimum Gasteiger partial charge on any atom is -0.300 e. The number of rotatable bonds is 7. The summed E-state index contributed by atoms with van der Waals surface area (Å²) in [6.45, 7) is 4.52. The zero-order valence-corrected chi connectivity index (χ0v) is 15.6. The molecule has 1 heterocycles. The molecule has 0 radical (unpaired) electrons. The minimum absolute atomic E-state index is 0.0275. The number of benzene rings is 1. The van der Waals surface area contributed by atoms with Crippen molar-refractivity contribution in [2.75, 3.05) is 20.6 Å². The first-order chi connectivity index (χ1) is 10.8. The Morgan fingerprint density at radius 2 is 1.78 bits per heavy atom. The van der Waals surface area contributed by atoms with Gasteiger partial charge in [-0.05, 0) is 49.2 Å². The van der Waals surface area contributed by atoms with Crippen molar-refractivity contribution in [3.63, 3.8) is 0 Å². The molecule has 0 spiro atoms. The van der Waals surface area contributed by atoms with Crippen LogP contribution < -0.4 is 4.72 Å². The molecular weight excluding hydrogens is 328 g/mol. The van der Waals surface area contributed by atoms with Crippen molar-refractivity contribution < 1.29 is 8.42 Å². The van der Waals surface area contributed by atoms with Gasteiger partial charge in [-0.3, -0.25) is 0 Å². The second-order valence-corrected chi connectivity index (χ2v) is 8.82. The third kappa shape index (κ3) is 4.64. The highest BCUT2D eigenvalue weighted by atomic mass is 32.2. The molecule has 0 aliphatic carbocycles. The topological polar surface area (TPSA) is 49.4 Å². The maximum absolute atomic E-state index is 12.5. The molecule has 23 heavy (non-hydrogen) atoms. The van der Waals surface area contributed by atoms with Crippen molar-refractivity contribution in [2.24, 2.45) is 0 Å². The monoisotopic (exact) mass is 352 g/mol. The van der Waals surface area contributed by atoms with E-state index in [-0.39, 0.29) is 6.04 Å². The van der Waals surface area contributed by atoms with Crippen LogP contribution in [-0.2, 0) is 10.0 Å². The molecular formula is C17H24N2O2S2. The van der Waals surface area contributed by atoms with Crippen LogP contribution in [0.15, 0.2) is 46.7 Å². The number of nitrogens with zero attached hydrogens (tertiary/aromatic N) is 1. The molecule has 1 aromatic heterocycles. The third-order valence-corrected chi connectivity index (χ3v) is 6.23. The van der Waals surface area contributed by atoms with E-state index in [1.54, 1.807) is 23.5 Å². The second-order valence-electron chi connectivity index (χ2n) is 6.07. The predicted octanol–water partition coefficient (Wildman–Crippen LogP) is 3.45. The van der Waals surface area contributed by atoms with Crippen LogP contribution in [0.5, 0.6) is 0 Å². The van der Waals surface area contributed by atoms with Gasteiger partial charge in [0, 0.05) is 11.4 Å². The van der Waals surface area contributed by atoms with Crippen molar-refractivity contribution >= 4 is 21.4 Å². The first kappa shape index (κ1) is 18.1. The normalized spacial score (nSPS) is 13.7. The SMILES string of the molecule is CC(C)c1ccc(S(=O)(=O)NC[C@H](c2cccs2)N(C)C)cc1. The van der Waals surface area contributed by atoms with Gasteiger partial charge >= 0.3 is 0 Å². The van der Waals surface area contributed by atoms with Gasteiger partial charge in [-0.25, -0.2) is 13.1 Å². The van der Waals surface area contributed by atoms with E-state index in [0.717, 1.165) is 10.4 Å². The maximum Gasteiger partial charge on any atom is 0.240 e. The average Bonchev–Trinajstić information content (AvgIpc) is 3.01. The van der Waals surface area contributed by atoms with Crippen LogP contribution in [0.4, 0.5) is 0 Å². The molecule has 0 fully saturated rings. The van der Waals surface area contributed by atoms with Gasteiger partial charge in [0.25, 0.3) is 0 Å². The second kappa shape index (κ2) is 7.57. The van der Waals surface area contributed by atoms with Crippen molar-refractivity contribution in [3.8, 4) is 0 Å². The largest absolute Gasteiger partial charge is 0.300 e. The van der Waals surface area contributed by atoms with Gasteiger partial charge in [-0.1, -0.05) is 32.0 Å². The summed E-state index contributed by atoms with van der Waals surface area (Å²) < 4.78 is 27.7. The maximum atomic E-state index is 12.5. The highest BCUT2D eigenvalue weighted by Gasteiger charge is 2.20. The first-order valence-corrected chi connectivity index (χ1v) is 9.97. The molecule has 0 aliphatic rings. The number of thiophene rings is 1. The highest BCUT2D eigenvalue weighted by molar-refractivity contribution is 7.89. The van der Waals surface area contributed by atoms with Crippen LogP contribution >= 0.6 is 11.3 Å². The Bertz CT molecular complexity index is 706. The molecule has 0 saturated carbocycles. The zero-order valence-electron chi connectivity index (χ0n) is 14.0. The molecule has 6 heteroatoms. The van der Waals surface area contributed by atoms with Crippen molar-refractivity contribution in [1.29, 1.82) is 0 Å². The van der Waals surface area contributed by atoms with E-state index in [2.05, 4.69) is 18.6 Å². The van der Waals surface area contributed by atoms with Crippen LogP contribution in [0.2, 0.25) is 0 Å². The molecule has 2 aromatic rings. The molecule has 2 rings (SSSR count). The Hall–Kier alpha value is -1.21. The van der Waals surface area contributed by atoms with Gasteiger partial charge in [-0.2, -0.15) is 0 Å². The summed E-state index contributed by atoms with van der Waals surface area (Å²) in [6, 6.07) is 11.1. The van der Waals surface area contributed by atoms with Crippen molar-refractivity contribution in [1.82, 2.24) is 9.62 Å². The van der Waals surface area contributed by atoms with Gasteiger partial charge in [0.1, 0.15) is 0 Å². The molecule has 1 atom stereocenters. The van der Waals surface area contributed by atoms with Gasteiger partial charge in [-0.15, -0.1) is 11.3 Å². The van der Waals surface area contributed by atoms with Crippen LogP contribution in [0.1, 0.15) is 36.2 Å². The molecule has 4 nitrogen and oxygen atoms in total. The van der Waals surface area contributed by atoms with Crippen molar-refractivity contribution in [3.05, 3.63) is 52.2 Å². The van der Waals surface area contributed by atoms with E-state index < -0.39 is 10.0 Å². The Kier molecular flexibility index (Phi) is 5.97. The fourth-order valence-corrected chi connectivity index (χ4v) is 4.28. The Balaban J connectivity index is 2.11. The molecule has 1 aromatic carbocycles. The van der Waals surface area contributed by atoms with Gasteiger partial charge < -0.3 is 4.90 Å². The zero-order chi connectivity index (χ0) is 17.0. The van der Waals surface area contributed by atoms with E-state index in [0.29, 0.717) is 17.4 Å². The lowest BCUT2D eigenvalue weighted by Gasteiger charge is -2.23. The quantitative estimate of drug-likeness (QED) is 0.830. The molecule has 1 N–H and O–H groups in total. The molecule has 0 aliphatic heterocycles. The third-order valence-electron chi connectivity index (χ3n) is 3.82. The van der Waals surface area contributed by atoms with Crippen LogP contribution in [0, 0.1) is 0 Å². The van der Waals surface area contributed by atoms with E-state index >= 15 is 0 Å². The summed E-state index contributed by atoms with van der Waals surface area (Å²) in [4.78, 5) is 3.48. The van der Waals surface area contributed by atoms with E-state index in [1.165, 1.54) is 0 Å². The van der Waals surface area contributed by atoms with E-state index in [4.69, 9.17) is 0 Å². The first-order valence-electron chi connectivity index (χ1n) is 7.60. The van der Waals surface area contributed by atoms with E-state index in [9.17, 15) is 8.42 Å². The number of likely N-dealkylation sites (N-methyl/N-ethyl adjacent to an activating group) is 1. The minimum atomic E-state index is -3.49. The van der Waals surface area contributed by atoms with Crippen LogP contribution in [0.3, 0.4) is 0 Å². The lowest BCUT2D eigenvalue weighted by Crippen LogP contribution is -2.34. The lowest BCUT2D eigenvalue weighted by atomic mass is 10.0. The fraction of sp³-hybridized carbons (Fsp3) is 0.412. The summed E-state index contributed by atoms with van der Waals surface area (Å²) >= 11 is 1.63. The number of nitrogens with one attached hydrogen (secondary N) is 1. The Labute approximate surface area is 143 Å². The Morgan fingerprint density at radius 1 is 1.13 bits per heavy atom. The fourth-order valence-electron chi connectivity index (χ4n) is 2.32. The van der Waals surface area contributed by atoms with Crippen LogP contribution in [-0.4, -0.2) is 34.0 Å². The summed E-state index contributed by atoms with van der Waals surface area (Å²) in [6.07, 6.45) is 0. The standard InChI is InChI=1S/C17H24N2O2S2/c1-13(2)14-7-9-15(10-8-14)23(20,21)18-12-16(19(3)4)17-6-5-11-22-17/h5-11,13,16,18H,12H2,1-4H3/t16-/m1/s1. The number of sulfonamides is 1. The van der Waals surface area contributed by atoms with Crippen LogP contribution in [0.25, 0.3) is 0 Å². The summed E-state index contributed by atoms with van der Waals surface area (Å²) in [5.74, 6) is 0.386. The summed E-state index contributed by atoms with van der Waals surface area (Å²) in [7, 11) is 0.415. The van der Waals surface area contributed by atoms with Crippen molar-refractivity contribution in [2.45, 2.75) is 30.7 Å². The molecule has 0 saturated heterocycles. The molecule has 0 amide bonds. The summed E-state index contributed by atoms with van der Waals surface area (Å²) in [5, 5.41) is 2.00. The number of hydrogen-bond acceptors (Lipinski definition) is 4. The Morgan fingerprint density at radius 3 is 2.26 bits per heavy atom. The smallest absolute Gasteiger partial charge is 0.240 e.